The van der Waals surface area contributed by atoms with Crippen LogP contribution in [0.4, 0.5) is 0 Å². The minimum atomic E-state index is -0.545. The minimum absolute atomic E-state index is 0.113. The zero-order valence-electron chi connectivity index (χ0n) is 14.6. The van der Waals surface area contributed by atoms with Gasteiger partial charge in [0.05, 0.1) is 11.2 Å². The largest absolute Gasteiger partial charge is 0.492 e. The van der Waals surface area contributed by atoms with Crippen molar-refractivity contribution in [2.24, 2.45) is 0 Å². The Bertz CT molecular complexity index is 613. The number of carbonyl (C=O) groups excluding carboxylic acids is 1. The van der Waals surface area contributed by atoms with E-state index >= 15 is 0 Å². The molecule has 1 aromatic heterocycles. The zero-order chi connectivity index (χ0) is 17.3. The van der Waals surface area contributed by atoms with E-state index in [-0.39, 0.29) is 5.91 Å². The molecule has 124 valence electrons. The molecule has 1 saturated heterocycles. The Balaban J connectivity index is 2.30. The van der Waals surface area contributed by atoms with Crippen LogP contribution < -0.4 is 5.32 Å². The van der Waals surface area contributed by atoms with Gasteiger partial charge >= 0.3 is 7.12 Å². The van der Waals surface area contributed by atoms with Crippen molar-refractivity contribution in [3.05, 3.63) is 29.3 Å². The van der Waals surface area contributed by atoms with Crippen LogP contribution in [-0.2, 0) is 14.1 Å². The molecule has 1 aliphatic rings. The van der Waals surface area contributed by atoms with Gasteiger partial charge in [-0.3, -0.25) is 4.79 Å². The molecule has 1 fully saturated rings. The van der Waals surface area contributed by atoms with Gasteiger partial charge in [-0.1, -0.05) is 0 Å². The standard InChI is InChI=1S/C16H24BN3O3/c1-11-7-8-18-14(20-11)9-13(10-19-12(2)21)17-22-15(3,4)16(5,6)23-17/h7-9H,10H2,1-6H3,(H,19,21). The number of aromatic nitrogens is 2. The molecule has 0 spiro atoms. The van der Waals surface area contributed by atoms with Gasteiger partial charge in [-0.15, -0.1) is 0 Å². The van der Waals surface area contributed by atoms with E-state index in [2.05, 4.69) is 15.3 Å². The first-order chi connectivity index (χ1) is 10.6. The highest BCUT2D eigenvalue weighted by molar-refractivity contribution is 6.55. The third-order valence-electron chi connectivity index (χ3n) is 4.23. The highest BCUT2D eigenvalue weighted by Crippen LogP contribution is 2.38. The molecular formula is C16H24BN3O3. The molecule has 1 amide bonds. The molecule has 1 aromatic rings. The maximum absolute atomic E-state index is 11.3. The fraction of sp³-hybridized carbons (Fsp3) is 0.562. The highest BCUT2D eigenvalue weighted by atomic mass is 16.7. The molecule has 1 aliphatic heterocycles. The second-order valence-electron chi connectivity index (χ2n) is 6.77. The van der Waals surface area contributed by atoms with Gasteiger partial charge in [0, 0.05) is 25.4 Å². The fourth-order valence-electron chi connectivity index (χ4n) is 2.13. The predicted octanol–water partition coefficient (Wildman–Crippen LogP) is 1.94. The summed E-state index contributed by atoms with van der Waals surface area (Å²) in [6.07, 6.45) is 3.51. The smallest absolute Gasteiger partial charge is 0.400 e. The maximum atomic E-state index is 11.3. The molecule has 2 heterocycles. The zero-order valence-corrected chi connectivity index (χ0v) is 14.6. The van der Waals surface area contributed by atoms with Gasteiger partial charge in [-0.2, -0.15) is 0 Å². The van der Waals surface area contributed by atoms with Crippen molar-refractivity contribution >= 4 is 19.1 Å². The Morgan fingerprint density at radius 1 is 1.30 bits per heavy atom. The summed E-state index contributed by atoms with van der Waals surface area (Å²) in [6.45, 7) is 11.7. The van der Waals surface area contributed by atoms with E-state index in [1.54, 1.807) is 6.20 Å². The molecule has 23 heavy (non-hydrogen) atoms. The molecule has 0 bridgehead atoms. The molecule has 0 radical (unpaired) electrons. The van der Waals surface area contributed by atoms with E-state index in [0.29, 0.717) is 12.4 Å². The van der Waals surface area contributed by atoms with Gasteiger partial charge in [-0.05, 0) is 52.2 Å². The van der Waals surface area contributed by atoms with Crippen LogP contribution >= 0.6 is 0 Å². The van der Waals surface area contributed by atoms with Crippen molar-refractivity contribution in [2.45, 2.75) is 52.7 Å². The molecule has 2 rings (SSSR count). The molecule has 0 saturated carbocycles. The lowest BCUT2D eigenvalue weighted by Gasteiger charge is -2.32. The molecule has 6 nitrogen and oxygen atoms in total. The average molecular weight is 317 g/mol. The van der Waals surface area contributed by atoms with Crippen molar-refractivity contribution in [1.29, 1.82) is 0 Å². The van der Waals surface area contributed by atoms with E-state index in [4.69, 9.17) is 9.31 Å². The number of hydrogen-bond donors (Lipinski definition) is 1. The first-order valence-corrected chi connectivity index (χ1v) is 7.71. The fourth-order valence-corrected chi connectivity index (χ4v) is 2.13. The van der Waals surface area contributed by atoms with Crippen LogP contribution in [0.1, 0.15) is 46.1 Å². The summed E-state index contributed by atoms with van der Waals surface area (Å²) in [7, 11) is -0.545. The third-order valence-corrected chi connectivity index (χ3v) is 4.23. The van der Waals surface area contributed by atoms with Crippen LogP contribution in [0.15, 0.2) is 17.7 Å². The number of amides is 1. The molecule has 0 aliphatic carbocycles. The van der Waals surface area contributed by atoms with Crippen molar-refractivity contribution < 1.29 is 14.1 Å². The number of rotatable bonds is 4. The Kier molecular flexibility index (Phi) is 4.91. The predicted molar refractivity (Wildman–Crippen MR) is 89.5 cm³/mol. The normalized spacial score (nSPS) is 19.7. The maximum Gasteiger partial charge on any atom is 0.492 e. The van der Waals surface area contributed by atoms with Gasteiger partial charge < -0.3 is 14.6 Å². The number of nitrogens with zero attached hydrogens (tertiary/aromatic N) is 2. The summed E-state index contributed by atoms with van der Waals surface area (Å²) in [6, 6.07) is 1.83. The van der Waals surface area contributed by atoms with Crippen LogP contribution in [0.5, 0.6) is 0 Å². The molecule has 7 heteroatoms. The Labute approximate surface area is 137 Å². The summed E-state index contributed by atoms with van der Waals surface area (Å²) in [5.41, 5.74) is 0.768. The number of nitrogens with one attached hydrogen (secondary N) is 1. The van der Waals surface area contributed by atoms with E-state index in [1.807, 2.05) is 46.8 Å². The van der Waals surface area contributed by atoms with E-state index in [1.165, 1.54) is 6.92 Å². The lowest BCUT2D eigenvalue weighted by molar-refractivity contribution is -0.118. The van der Waals surface area contributed by atoms with Crippen LogP contribution in [0, 0.1) is 6.92 Å². The summed E-state index contributed by atoms with van der Waals surface area (Å²) in [5, 5.41) is 2.79. The molecule has 0 aromatic carbocycles. The van der Waals surface area contributed by atoms with E-state index in [0.717, 1.165) is 11.2 Å². The van der Waals surface area contributed by atoms with Crippen molar-refractivity contribution in [1.82, 2.24) is 15.3 Å². The van der Waals surface area contributed by atoms with Crippen molar-refractivity contribution in [3.63, 3.8) is 0 Å². The highest BCUT2D eigenvalue weighted by Gasteiger charge is 2.52. The molecule has 0 atom stereocenters. The Morgan fingerprint density at radius 3 is 2.43 bits per heavy atom. The summed E-state index contributed by atoms with van der Waals surface area (Å²) in [4.78, 5) is 19.9. The van der Waals surface area contributed by atoms with E-state index < -0.39 is 18.3 Å². The quantitative estimate of drug-likeness (QED) is 0.859. The number of aryl methyl sites for hydroxylation is 1. The minimum Gasteiger partial charge on any atom is -0.400 e. The summed E-state index contributed by atoms with van der Waals surface area (Å²) >= 11 is 0. The van der Waals surface area contributed by atoms with E-state index in [9.17, 15) is 4.79 Å². The van der Waals surface area contributed by atoms with Gasteiger partial charge in [-0.25, -0.2) is 9.97 Å². The second-order valence-corrected chi connectivity index (χ2v) is 6.77. The van der Waals surface area contributed by atoms with Crippen LogP contribution in [-0.4, -0.2) is 40.7 Å². The van der Waals surface area contributed by atoms with Gasteiger partial charge in [0.1, 0.15) is 0 Å². The number of carbonyl (C=O) groups is 1. The lowest BCUT2D eigenvalue weighted by atomic mass is 9.77. The SMILES string of the molecule is CC(=O)NCC(=Cc1nccc(C)n1)B1OC(C)(C)C(C)(C)O1. The van der Waals surface area contributed by atoms with Crippen LogP contribution in [0.2, 0.25) is 0 Å². The van der Waals surface area contributed by atoms with Gasteiger partial charge in [0.15, 0.2) is 5.82 Å². The first-order valence-electron chi connectivity index (χ1n) is 7.71. The first kappa shape index (κ1) is 17.6. The topological polar surface area (TPSA) is 73.3 Å². The Hall–Kier alpha value is -1.73. The molecule has 0 unspecified atom stereocenters. The molecular weight excluding hydrogens is 293 g/mol. The van der Waals surface area contributed by atoms with Crippen molar-refractivity contribution in [2.75, 3.05) is 6.54 Å². The van der Waals surface area contributed by atoms with Crippen LogP contribution in [0.25, 0.3) is 6.08 Å². The molecule has 1 N–H and O–H groups in total. The number of hydrogen-bond acceptors (Lipinski definition) is 5. The van der Waals surface area contributed by atoms with Gasteiger partial charge in [0.25, 0.3) is 0 Å². The van der Waals surface area contributed by atoms with Gasteiger partial charge in [0.2, 0.25) is 5.91 Å². The third kappa shape index (κ3) is 4.17. The summed E-state index contributed by atoms with van der Waals surface area (Å²) < 4.78 is 12.1. The Morgan fingerprint density at radius 2 is 1.91 bits per heavy atom. The monoisotopic (exact) mass is 317 g/mol. The van der Waals surface area contributed by atoms with Crippen LogP contribution in [0.3, 0.4) is 0 Å². The average Bonchev–Trinajstić information content (AvgIpc) is 2.63. The lowest BCUT2D eigenvalue weighted by Crippen LogP contribution is -2.41. The second kappa shape index (κ2) is 6.41. The summed E-state index contributed by atoms with van der Waals surface area (Å²) in [5.74, 6) is 0.456. The van der Waals surface area contributed by atoms with Crippen molar-refractivity contribution in [3.8, 4) is 0 Å².